The molecule has 0 saturated heterocycles. The minimum Gasteiger partial charge on any atom is -0.505 e. The molecule has 3 N–H and O–H groups in total. The molecule has 0 aliphatic carbocycles. The fraction of sp³-hybridized carbons (Fsp3) is 0.400. The van der Waals surface area contributed by atoms with E-state index in [1.54, 1.807) is 20.8 Å². The smallest absolute Gasteiger partial charge is 0.300 e. The molecule has 1 aromatic rings. The molecule has 1 heterocycles. The number of aliphatic hydroxyl groups is 2. The minimum atomic E-state index is -1.01. The SMILES string of the molecule is CC(C)(C)n1cc(O)c(=C=O)c1=C(O)O. The quantitative estimate of drug-likeness (QED) is 0.547. The van der Waals surface area contributed by atoms with Crippen LogP contribution in [0.4, 0.5) is 0 Å². The lowest BCUT2D eigenvalue weighted by Gasteiger charge is -2.21. The number of aromatic nitrogens is 1. The van der Waals surface area contributed by atoms with E-state index in [1.165, 1.54) is 16.7 Å². The third kappa shape index (κ3) is 1.82. The van der Waals surface area contributed by atoms with Crippen LogP contribution in [0, 0.1) is 0 Å². The Balaban J connectivity index is 3.90. The van der Waals surface area contributed by atoms with Crippen molar-refractivity contribution in [2.45, 2.75) is 26.3 Å². The minimum absolute atomic E-state index is 0.130. The Bertz CT molecular complexity index is 511. The molecular weight excluding hydrogens is 198 g/mol. The van der Waals surface area contributed by atoms with E-state index in [2.05, 4.69) is 0 Å². The first-order chi connectivity index (χ1) is 6.79. The van der Waals surface area contributed by atoms with Crippen LogP contribution < -0.4 is 10.6 Å². The van der Waals surface area contributed by atoms with Crippen LogP contribution in [0.25, 0.3) is 5.95 Å². The highest BCUT2D eigenvalue weighted by Crippen LogP contribution is 2.12. The lowest BCUT2D eigenvalue weighted by Crippen LogP contribution is -2.39. The standard InChI is InChI=1S/C10H13NO4/c1-10(2,3)11-4-7(13)6(5-12)8(11)9(14)15/h4,13-15H,1-3H3. The highest BCUT2D eigenvalue weighted by molar-refractivity contribution is 5.52. The fourth-order valence-corrected chi connectivity index (χ4v) is 1.34. The first kappa shape index (κ1) is 11.2. The molecule has 0 amide bonds. The Morgan fingerprint density at radius 3 is 2.27 bits per heavy atom. The van der Waals surface area contributed by atoms with E-state index in [-0.39, 0.29) is 16.3 Å². The Morgan fingerprint density at radius 2 is 1.93 bits per heavy atom. The second-order valence-corrected chi connectivity index (χ2v) is 4.20. The van der Waals surface area contributed by atoms with Crippen LogP contribution in [0.5, 0.6) is 5.75 Å². The maximum absolute atomic E-state index is 10.6. The van der Waals surface area contributed by atoms with Crippen LogP contribution in [-0.4, -0.2) is 25.8 Å². The molecule has 1 aromatic heterocycles. The molecule has 0 radical (unpaired) electrons. The van der Waals surface area contributed by atoms with Crippen molar-refractivity contribution in [3.63, 3.8) is 0 Å². The largest absolute Gasteiger partial charge is 0.505 e. The number of rotatable bonds is 0. The lowest BCUT2D eigenvalue weighted by atomic mass is 10.1. The van der Waals surface area contributed by atoms with Gasteiger partial charge in [0, 0.05) is 11.7 Å². The molecule has 0 fully saturated rings. The Morgan fingerprint density at radius 1 is 1.40 bits per heavy atom. The zero-order valence-electron chi connectivity index (χ0n) is 8.77. The summed E-state index contributed by atoms with van der Waals surface area (Å²) in [6, 6.07) is 0. The van der Waals surface area contributed by atoms with Crippen molar-refractivity contribution in [1.82, 2.24) is 4.57 Å². The van der Waals surface area contributed by atoms with Crippen LogP contribution in [0.2, 0.25) is 0 Å². The number of aromatic hydroxyl groups is 1. The molecule has 15 heavy (non-hydrogen) atoms. The molecule has 1 rings (SSSR count). The van der Waals surface area contributed by atoms with E-state index in [9.17, 15) is 9.90 Å². The Kier molecular flexibility index (Phi) is 2.51. The van der Waals surface area contributed by atoms with E-state index in [0.717, 1.165) is 0 Å². The number of carbonyl (C=O) groups excluding carboxylic acids is 1. The van der Waals surface area contributed by atoms with Crippen molar-refractivity contribution in [2.24, 2.45) is 0 Å². The molecule has 0 bridgehead atoms. The van der Waals surface area contributed by atoms with Gasteiger partial charge in [-0.25, -0.2) is 4.79 Å². The lowest BCUT2D eigenvalue weighted by molar-refractivity contribution is 0.284. The zero-order chi connectivity index (χ0) is 11.8. The molecule has 0 aliphatic heterocycles. The Labute approximate surface area is 86.2 Å². The predicted molar refractivity (Wildman–Crippen MR) is 53.8 cm³/mol. The van der Waals surface area contributed by atoms with Gasteiger partial charge in [0.15, 0.2) is 5.75 Å². The summed E-state index contributed by atoms with van der Waals surface area (Å²) in [5, 5.41) is 27.1. The summed E-state index contributed by atoms with van der Waals surface area (Å²) >= 11 is 0. The normalized spacial score (nSPS) is 11.1. The van der Waals surface area contributed by atoms with Gasteiger partial charge in [-0.3, -0.25) is 0 Å². The monoisotopic (exact) mass is 211 g/mol. The van der Waals surface area contributed by atoms with Gasteiger partial charge in [-0.15, -0.1) is 0 Å². The average Bonchev–Trinajstić information content (AvgIpc) is 2.41. The average molecular weight is 211 g/mol. The van der Waals surface area contributed by atoms with Gasteiger partial charge < -0.3 is 19.9 Å². The summed E-state index contributed by atoms with van der Waals surface area (Å²) in [7, 11) is 0. The van der Waals surface area contributed by atoms with Gasteiger partial charge >= 0.3 is 5.95 Å². The summed E-state index contributed by atoms with van der Waals surface area (Å²) in [4.78, 5) is 10.6. The second kappa shape index (κ2) is 3.37. The third-order valence-electron chi connectivity index (χ3n) is 2.02. The third-order valence-corrected chi connectivity index (χ3v) is 2.02. The maximum atomic E-state index is 10.6. The second-order valence-electron chi connectivity index (χ2n) is 4.20. The van der Waals surface area contributed by atoms with Crippen LogP contribution in [0.1, 0.15) is 20.8 Å². The van der Waals surface area contributed by atoms with Crippen molar-refractivity contribution >= 4 is 11.9 Å². The van der Waals surface area contributed by atoms with E-state index in [1.807, 2.05) is 0 Å². The van der Waals surface area contributed by atoms with Crippen LogP contribution in [0.3, 0.4) is 0 Å². The first-order valence-electron chi connectivity index (χ1n) is 4.37. The van der Waals surface area contributed by atoms with Crippen molar-refractivity contribution in [2.75, 3.05) is 0 Å². The van der Waals surface area contributed by atoms with E-state index in [0.29, 0.717) is 0 Å². The van der Waals surface area contributed by atoms with Crippen LogP contribution >= 0.6 is 0 Å². The molecular formula is C10H13NO4. The molecule has 0 unspecified atom stereocenters. The van der Waals surface area contributed by atoms with E-state index < -0.39 is 11.5 Å². The fourth-order valence-electron chi connectivity index (χ4n) is 1.34. The molecule has 5 nitrogen and oxygen atoms in total. The molecule has 0 spiro atoms. The van der Waals surface area contributed by atoms with Gasteiger partial charge in [0.05, 0.1) is 0 Å². The predicted octanol–water partition coefficient (Wildman–Crippen LogP) is -0.366. The summed E-state index contributed by atoms with van der Waals surface area (Å²) in [5.41, 5.74) is -0.487. The van der Waals surface area contributed by atoms with Crippen molar-refractivity contribution < 1.29 is 20.1 Å². The van der Waals surface area contributed by atoms with E-state index >= 15 is 0 Å². The number of hydrogen-bond acceptors (Lipinski definition) is 4. The van der Waals surface area contributed by atoms with Gasteiger partial charge in [-0.1, -0.05) is 0 Å². The highest BCUT2D eigenvalue weighted by Gasteiger charge is 2.19. The first-order valence-corrected chi connectivity index (χ1v) is 4.37. The summed E-state index contributed by atoms with van der Waals surface area (Å²) in [6.07, 6.45) is 1.27. The summed E-state index contributed by atoms with van der Waals surface area (Å²) < 4.78 is 1.40. The van der Waals surface area contributed by atoms with Gasteiger partial charge in [-0.05, 0) is 20.8 Å². The molecule has 82 valence electrons. The van der Waals surface area contributed by atoms with Gasteiger partial charge in [0.1, 0.15) is 16.5 Å². The van der Waals surface area contributed by atoms with Crippen LogP contribution in [0.15, 0.2) is 6.20 Å². The number of nitrogens with zero attached hydrogens (tertiary/aromatic N) is 1. The van der Waals surface area contributed by atoms with Crippen molar-refractivity contribution in [3.05, 3.63) is 16.8 Å². The molecule has 0 aliphatic rings. The highest BCUT2D eigenvalue weighted by atomic mass is 16.5. The summed E-state index contributed by atoms with van der Waals surface area (Å²) in [6.45, 7) is 5.40. The van der Waals surface area contributed by atoms with Gasteiger partial charge in [0.25, 0.3) is 0 Å². The van der Waals surface area contributed by atoms with Gasteiger partial charge in [0.2, 0.25) is 0 Å². The Hall–Kier alpha value is -1.87. The van der Waals surface area contributed by atoms with Crippen molar-refractivity contribution in [1.29, 1.82) is 0 Å². The maximum Gasteiger partial charge on any atom is 0.300 e. The van der Waals surface area contributed by atoms with E-state index in [4.69, 9.17) is 10.2 Å². The van der Waals surface area contributed by atoms with Crippen LogP contribution in [-0.2, 0) is 10.3 Å². The molecule has 0 aromatic carbocycles. The molecule has 5 heteroatoms. The number of hydrogen-bond donors (Lipinski definition) is 3. The number of aliphatic hydroxyl groups excluding tert-OH is 1. The molecule has 0 saturated carbocycles. The zero-order valence-corrected chi connectivity index (χ0v) is 8.77. The molecule has 0 atom stereocenters. The van der Waals surface area contributed by atoms with Crippen molar-refractivity contribution in [3.8, 4) is 5.75 Å². The summed E-state index contributed by atoms with van der Waals surface area (Å²) in [5.74, 6) is 0.142. The topological polar surface area (TPSA) is 82.7 Å². The van der Waals surface area contributed by atoms with Gasteiger partial charge in [-0.2, -0.15) is 0 Å².